The van der Waals surface area contributed by atoms with Crippen LogP contribution in [0.1, 0.15) is 39.5 Å². The van der Waals surface area contributed by atoms with Crippen LogP contribution >= 0.6 is 0 Å². The van der Waals surface area contributed by atoms with Crippen LogP contribution in [-0.4, -0.2) is 48.8 Å². The Morgan fingerprint density at radius 2 is 1.12 bits per heavy atom. The van der Waals surface area contributed by atoms with Gasteiger partial charge in [-0.15, -0.1) is 0 Å². The molecule has 0 heterocycles. The van der Waals surface area contributed by atoms with Crippen molar-refractivity contribution >= 4 is 0 Å². The fourth-order valence-corrected chi connectivity index (χ4v) is 1.27. The Morgan fingerprint density at radius 3 is 1.44 bits per heavy atom. The summed E-state index contributed by atoms with van der Waals surface area (Å²) in [5.41, 5.74) is 0. The van der Waals surface area contributed by atoms with Crippen LogP contribution in [0.15, 0.2) is 0 Å². The number of hydrogen-bond donors (Lipinski definition) is 2. The standard InChI is InChI=1S/C12H26O4/c1-11(13)9-15-7-5-3-4-6-8-16-10-12(2)14/h11-14H,3-10H2,1-2H3. The molecule has 0 spiro atoms. The number of aliphatic hydroxyl groups is 2. The summed E-state index contributed by atoms with van der Waals surface area (Å²) in [5, 5.41) is 17.9. The average Bonchev–Trinajstić information content (AvgIpc) is 2.20. The van der Waals surface area contributed by atoms with E-state index in [0.717, 1.165) is 38.9 Å². The van der Waals surface area contributed by atoms with Gasteiger partial charge in [0.2, 0.25) is 0 Å². The molecule has 2 unspecified atom stereocenters. The maximum atomic E-state index is 8.93. The highest BCUT2D eigenvalue weighted by atomic mass is 16.5. The Morgan fingerprint density at radius 1 is 0.750 bits per heavy atom. The maximum absolute atomic E-state index is 8.93. The van der Waals surface area contributed by atoms with Crippen molar-refractivity contribution in [1.29, 1.82) is 0 Å². The highest BCUT2D eigenvalue weighted by Gasteiger charge is 1.96. The van der Waals surface area contributed by atoms with Crippen LogP contribution in [0, 0.1) is 0 Å². The molecule has 0 aliphatic heterocycles. The molecular formula is C12H26O4. The predicted octanol–water partition coefficient (Wildman–Crippen LogP) is 1.34. The van der Waals surface area contributed by atoms with Crippen molar-refractivity contribution in [3.05, 3.63) is 0 Å². The van der Waals surface area contributed by atoms with Crippen LogP contribution in [0.25, 0.3) is 0 Å². The van der Waals surface area contributed by atoms with Crippen molar-refractivity contribution in [2.45, 2.75) is 51.7 Å². The Balaban J connectivity index is 2.93. The summed E-state index contributed by atoms with van der Waals surface area (Å²) in [6.07, 6.45) is 3.57. The first-order chi connectivity index (χ1) is 7.63. The molecule has 0 amide bonds. The second-order valence-corrected chi connectivity index (χ2v) is 4.26. The fourth-order valence-electron chi connectivity index (χ4n) is 1.27. The third-order valence-corrected chi connectivity index (χ3v) is 2.05. The fraction of sp³-hybridized carbons (Fsp3) is 1.00. The summed E-state index contributed by atoms with van der Waals surface area (Å²) >= 11 is 0. The largest absolute Gasteiger partial charge is 0.391 e. The van der Waals surface area contributed by atoms with Gasteiger partial charge in [-0.2, -0.15) is 0 Å². The smallest absolute Gasteiger partial charge is 0.0745 e. The molecule has 4 nitrogen and oxygen atoms in total. The lowest BCUT2D eigenvalue weighted by molar-refractivity contribution is 0.0404. The zero-order valence-electron chi connectivity index (χ0n) is 10.5. The normalized spacial score (nSPS) is 15.0. The van der Waals surface area contributed by atoms with E-state index in [1.807, 2.05) is 0 Å². The molecule has 2 atom stereocenters. The zero-order chi connectivity index (χ0) is 12.2. The third-order valence-electron chi connectivity index (χ3n) is 2.05. The van der Waals surface area contributed by atoms with Gasteiger partial charge >= 0.3 is 0 Å². The van der Waals surface area contributed by atoms with Gasteiger partial charge in [-0.3, -0.25) is 0 Å². The topological polar surface area (TPSA) is 58.9 Å². The van der Waals surface area contributed by atoms with Crippen LogP contribution < -0.4 is 0 Å². The van der Waals surface area contributed by atoms with Gasteiger partial charge in [0, 0.05) is 13.2 Å². The molecule has 0 bridgehead atoms. The summed E-state index contributed by atoms with van der Waals surface area (Å²) in [5.74, 6) is 0. The van der Waals surface area contributed by atoms with Crippen LogP contribution in [-0.2, 0) is 9.47 Å². The molecule has 0 saturated heterocycles. The molecule has 4 heteroatoms. The SMILES string of the molecule is CC(O)COCCCCCCOCC(C)O. The second-order valence-electron chi connectivity index (χ2n) is 4.26. The molecule has 0 aliphatic carbocycles. The first kappa shape index (κ1) is 15.8. The highest BCUT2D eigenvalue weighted by molar-refractivity contribution is 4.46. The molecule has 0 saturated carbocycles. The van der Waals surface area contributed by atoms with E-state index in [9.17, 15) is 0 Å². The van der Waals surface area contributed by atoms with Gasteiger partial charge in [-0.05, 0) is 26.7 Å². The molecule has 0 aromatic carbocycles. The minimum atomic E-state index is -0.367. The van der Waals surface area contributed by atoms with Crippen LogP contribution in [0.5, 0.6) is 0 Å². The van der Waals surface area contributed by atoms with Crippen molar-refractivity contribution in [1.82, 2.24) is 0 Å². The Kier molecular flexibility index (Phi) is 11.2. The molecular weight excluding hydrogens is 208 g/mol. The van der Waals surface area contributed by atoms with E-state index in [-0.39, 0.29) is 12.2 Å². The summed E-state index contributed by atoms with van der Waals surface area (Å²) < 4.78 is 10.5. The minimum absolute atomic E-state index is 0.367. The molecule has 0 radical (unpaired) electrons. The van der Waals surface area contributed by atoms with E-state index < -0.39 is 0 Å². The van der Waals surface area contributed by atoms with Gasteiger partial charge in [0.15, 0.2) is 0 Å². The van der Waals surface area contributed by atoms with E-state index in [2.05, 4.69) is 0 Å². The summed E-state index contributed by atoms with van der Waals surface area (Å²) in [6.45, 7) is 5.74. The molecule has 0 rings (SSSR count). The van der Waals surface area contributed by atoms with Gasteiger partial charge in [-0.1, -0.05) is 12.8 Å². The van der Waals surface area contributed by atoms with Gasteiger partial charge in [0.1, 0.15) is 0 Å². The van der Waals surface area contributed by atoms with E-state index in [1.54, 1.807) is 13.8 Å². The van der Waals surface area contributed by atoms with E-state index in [1.165, 1.54) is 0 Å². The van der Waals surface area contributed by atoms with Crippen LogP contribution in [0.2, 0.25) is 0 Å². The van der Waals surface area contributed by atoms with Gasteiger partial charge < -0.3 is 19.7 Å². The Labute approximate surface area is 98.6 Å². The number of ether oxygens (including phenoxy) is 2. The van der Waals surface area contributed by atoms with Crippen molar-refractivity contribution in [2.24, 2.45) is 0 Å². The number of aliphatic hydroxyl groups excluding tert-OH is 2. The first-order valence-corrected chi connectivity index (χ1v) is 6.14. The van der Waals surface area contributed by atoms with Crippen molar-refractivity contribution < 1.29 is 19.7 Å². The molecule has 2 N–H and O–H groups in total. The molecule has 0 fully saturated rings. The minimum Gasteiger partial charge on any atom is -0.391 e. The predicted molar refractivity (Wildman–Crippen MR) is 63.5 cm³/mol. The highest BCUT2D eigenvalue weighted by Crippen LogP contribution is 2.01. The monoisotopic (exact) mass is 234 g/mol. The lowest BCUT2D eigenvalue weighted by Crippen LogP contribution is -2.11. The number of rotatable bonds is 11. The molecule has 0 aliphatic rings. The summed E-state index contributed by atoms with van der Waals surface area (Å²) in [7, 11) is 0. The zero-order valence-corrected chi connectivity index (χ0v) is 10.5. The lowest BCUT2D eigenvalue weighted by atomic mass is 10.2. The maximum Gasteiger partial charge on any atom is 0.0745 e. The van der Waals surface area contributed by atoms with E-state index in [4.69, 9.17) is 19.7 Å². The lowest BCUT2D eigenvalue weighted by Gasteiger charge is -2.07. The summed E-state index contributed by atoms with van der Waals surface area (Å²) in [4.78, 5) is 0. The van der Waals surface area contributed by atoms with Crippen LogP contribution in [0.4, 0.5) is 0 Å². The van der Waals surface area contributed by atoms with Crippen molar-refractivity contribution in [2.75, 3.05) is 26.4 Å². The van der Waals surface area contributed by atoms with E-state index >= 15 is 0 Å². The number of unbranched alkanes of at least 4 members (excludes halogenated alkanes) is 3. The molecule has 0 aromatic heterocycles. The third kappa shape index (κ3) is 13.8. The Hall–Kier alpha value is -0.160. The molecule has 98 valence electrons. The average molecular weight is 234 g/mol. The van der Waals surface area contributed by atoms with Crippen molar-refractivity contribution in [3.63, 3.8) is 0 Å². The molecule has 0 aromatic rings. The van der Waals surface area contributed by atoms with Gasteiger partial charge in [0.05, 0.1) is 25.4 Å². The van der Waals surface area contributed by atoms with E-state index in [0.29, 0.717) is 13.2 Å². The van der Waals surface area contributed by atoms with Crippen molar-refractivity contribution in [3.8, 4) is 0 Å². The second kappa shape index (κ2) is 11.3. The summed E-state index contributed by atoms with van der Waals surface area (Å²) in [6, 6.07) is 0. The number of hydrogen-bond acceptors (Lipinski definition) is 4. The van der Waals surface area contributed by atoms with Gasteiger partial charge in [0.25, 0.3) is 0 Å². The van der Waals surface area contributed by atoms with Gasteiger partial charge in [-0.25, -0.2) is 0 Å². The quantitative estimate of drug-likeness (QED) is 0.530. The molecule has 16 heavy (non-hydrogen) atoms. The Bertz CT molecular complexity index is 121. The van der Waals surface area contributed by atoms with Crippen LogP contribution in [0.3, 0.4) is 0 Å². The first-order valence-electron chi connectivity index (χ1n) is 6.14.